The van der Waals surface area contributed by atoms with Crippen molar-refractivity contribution in [2.45, 2.75) is 0 Å². The van der Waals surface area contributed by atoms with Crippen LogP contribution in [0.4, 0.5) is 23.4 Å². The number of hydrogen-bond donors (Lipinski definition) is 2. The number of aromatic carboxylic acids is 1. The molecule has 3 rings (SSSR count). The summed E-state index contributed by atoms with van der Waals surface area (Å²) in [7, 11) is 0.958. The molecule has 0 amide bonds. The zero-order valence-electron chi connectivity index (χ0n) is 13.4. The Morgan fingerprint density at radius 3 is 2.44 bits per heavy atom. The second-order valence-corrected chi connectivity index (χ2v) is 5.31. The summed E-state index contributed by atoms with van der Waals surface area (Å²) in [4.78, 5) is 27.2. The Kier molecular flexibility index (Phi) is 4.22. The highest BCUT2D eigenvalue weighted by atomic mass is 19.2. The topological polar surface area (TPSA) is 107 Å². The molecule has 0 saturated heterocycles. The minimum absolute atomic E-state index is 0.369. The van der Waals surface area contributed by atoms with E-state index in [1.807, 2.05) is 0 Å². The maximum atomic E-state index is 14.3. The van der Waals surface area contributed by atoms with Gasteiger partial charge in [0.25, 0.3) is 0 Å². The number of rotatable bonds is 3. The monoisotopic (exact) mass is 383 g/mol. The number of fused-ring (bicyclic) bond motifs is 1. The van der Waals surface area contributed by atoms with Crippen LogP contribution >= 0.6 is 0 Å². The molecule has 0 saturated carbocycles. The Hall–Kier alpha value is -3.63. The smallest absolute Gasteiger partial charge is 0.341 e. The molecule has 0 aliphatic rings. The summed E-state index contributed by atoms with van der Waals surface area (Å²) in [6.45, 7) is 0. The Balaban J connectivity index is 2.61. The lowest BCUT2D eigenvalue weighted by molar-refractivity contribution is 0.0695. The van der Waals surface area contributed by atoms with Gasteiger partial charge in [0.05, 0.1) is 12.5 Å². The van der Waals surface area contributed by atoms with E-state index in [2.05, 4.69) is 4.98 Å². The average molecular weight is 383 g/mol. The molecule has 140 valence electrons. The molecule has 0 unspecified atom stereocenters. The summed E-state index contributed by atoms with van der Waals surface area (Å²) in [6, 6.07) is 0.817. The van der Waals surface area contributed by atoms with E-state index in [9.17, 15) is 32.3 Å². The van der Waals surface area contributed by atoms with Crippen molar-refractivity contribution < 1.29 is 32.2 Å². The van der Waals surface area contributed by atoms with Crippen LogP contribution in [0.2, 0.25) is 0 Å². The molecule has 0 spiro atoms. The highest BCUT2D eigenvalue weighted by Crippen LogP contribution is 2.32. The highest BCUT2D eigenvalue weighted by Gasteiger charge is 2.25. The predicted molar refractivity (Wildman–Crippen MR) is 85.1 cm³/mol. The van der Waals surface area contributed by atoms with Crippen molar-refractivity contribution in [2.24, 2.45) is 0 Å². The summed E-state index contributed by atoms with van der Waals surface area (Å²) in [5.74, 6) is -9.48. The van der Waals surface area contributed by atoms with Crippen molar-refractivity contribution in [3.8, 4) is 11.6 Å². The molecule has 7 nitrogen and oxygen atoms in total. The van der Waals surface area contributed by atoms with Gasteiger partial charge in [-0.1, -0.05) is 0 Å². The summed E-state index contributed by atoms with van der Waals surface area (Å²) < 4.78 is 61.1. The standard InChI is InChI=1S/C16H9F4N3O4/c1-27-13-10(20)7(17)2-5-11(13)23(4-6(12(5)24)16(25)26)15-9(19)3-8(18)14(21)22-15/h2-4H,1H3,(H2,21,22)(H,25,26). The summed E-state index contributed by atoms with van der Waals surface area (Å²) in [6.07, 6.45) is 0.635. The van der Waals surface area contributed by atoms with Crippen LogP contribution in [-0.2, 0) is 0 Å². The zero-order chi connectivity index (χ0) is 20.0. The molecule has 0 fully saturated rings. The lowest BCUT2D eigenvalue weighted by Crippen LogP contribution is -2.20. The van der Waals surface area contributed by atoms with Gasteiger partial charge in [0.2, 0.25) is 11.2 Å². The number of carbonyl (C=O) groups is 1. The van der Waals surface area contributed by atoms with Crippen LogP contribution in [0.15, 0.2) is 23.1 Å². The van der Waals surface area contributed by atoms with E-state index in [4.69, 9.17) is 10.5 Å². The molecule has 0 atom stereocenters. The van der Waals surface area contributed by atoms with Gasteiger partial charge in [0.1, 0.15) is 11.1 Å². The zero-order valence-corrected chi connectivity index (χ0v) is 13.4. The van der Waals surface area contributed by atoms with Gasteiger partial charge in [-0.15, -0.1) is 0 Å². The molecule has 0 aliphatic heterocycles. The maximum Gasteiger partial charge on any atom is 0.341 e. The van der Waals surface area contributed by atoms with Crippen molar-refractivity contribution in [1.82, 2.24) is 9.55 Å². The van der Waals surface area contributed by atoms with Gasteiger partial charge in [-0.2, -0.15) is 4.39 Å². The van der Waals surface area contributed by atoms with Crippen molar-refractivity contribution >= 4 is 22.7 Å². The van der Waals surface area contributed by atoms with Crippen LogP contribution in [0.1, 0.15) is 10.4 Å². The predicted octanol–water partition coefficient (Wildman–Crippen LogP) is 2.23. The third-order valence-electron chi connectivity index (χ3n) is 3.74. The minimum atomic E-state index is -1.71. The Labute approximate surface area is 147 Å². The van der Waals surface area contributed by atoms with Crippen molar-refractivity contribution in [3.63, 3.8) is 0 Å². The van der Waals surface area contributed by atoms with Crippen LogP contribution < -0.4 is 15.9 Å². The molecular weight excluding hydrogens is 374 g/mol. The number of anilines is 1. The van der Waals surface area contributed by atoms with E-state index >= 15 is 0 Å². The van der Waals surface area contributed by atoms with Crippen LogP contribution in [-0.4, -0.2) is 27.7 Å². The summed E-state index contributed by atoms with van der Waals surface area (Å²) in [5, 5.41) is 8.59. The van der Waals surface area contributed by atoms with E-state index in [-0.39, 0.29) is 0 Å². The number of aromatic nitrogens is 2. The van der Waals surface area contributed by atoms with E-state index in [0.29, 0.717) is 22.9 Å². The van der Waals surface area contributed by atoms with Gasteiger partial charge in [0, 0.05) is 12.3 Å². The number of nitrogens with two attached hydrogens (primary N) is 1. The number of halogens is 4. The molecule has 2 heterocycles. The Morgan fingerprint density at radius 1 is 1.19 bits per heavy atom. The van der Waals surface area contributed by atoms with E-state index in [1.165, 1.54) is 0 Å². The average Bonchev–Trinajstić information content (AvgIpc) is 2.60. The number of methoxy groups -OCH3 is 1. The summed E-state index contributed by atoms with van der Waals surface area (Å²) in [5.41, 5.74) is 2.75. The molecular formula is C16H9F4N3O4. The van der Waals surface area contributed by atoms with Gasteiger partial charge in [-0.05, 0) is 6.07 Å². The molecule has 11 heteroatoms. The van der Waals surface area contributed by atoms with Crippen molar-refractivity contribution in [2.75, 3.05) is 12.8 Å². The fourth-order valence-electron chi connectivity index (χ4n) is 2.55. The third kappa shape index (κ3) is 2.72. The van der Waals surface area contributed by atoms with Crippen molar-refractivity contribution in [1.29, 1.82) is 0 Å². The number of nitrogens with zero attached hydrogens (tertiary/aromatic N) is 2. The molecule has 3 aromatic rings. The Bertz CT molecular complexity index is 1180. The number of hydrogen-bond acceptors (Lipinski definition) is 5. The number of pyridine rings is 2. The quantitative estimate of drug-likeness (QED) is 0.672. The normalized spacial score (nSPS) is 11.0. The van der Waals surface area contributed by atoms with Crippen LogP contribution in [0.25, 0.3) is 16.7 Å². The third-order valence-corrected chi connectivity index (χ3v) is 3.74. The van der Waals surface area contributed by atoms with E-state index < -0.39 is 68.5 Å². The van der Waals surface area contributed by atoms with E-state index in [1.54, 1.807) is 0 Å². The molecule has 1 aromatic carbocycles. The van der Waals surface area contributed by atoms with Crippen LogP contribution in [0.5, 0.6) is 5.75 Å². The molecule has 27 heavy (non-hydrogen) atoms. The molecule has 3 N–H and O–H groups in total. The second kappa shape index (κ2) is 6.27. The fraction of sp³-hybridized carbons (Fsp3) is 0.0625. The van der Waals surface area contributed by atoms with Crippen molar-refractivity contribution in [3.05, 3.63) is 57.4 Å². The van der Waals surface area contributed by atoms with Gasteiger partial charge < -0.3 is 15.6 Å². The first-order chi connectivity index (χ1) is 12.7. The summed E-state index contributed by atoms with van der Waals surface area (Å²) >= 11 is 0. The highest BCUT2D eigenvalue weighted by molar-refractivity contribution is 5.95. The molecule has 0 radical (unpaired) electrons. The number of carboxylic acid groups (broad SMARTS) is 1. The Morgan fingerprint density at radius 2 is 1.85 bits per heavy atom. The van der Waals surface area contributed by atoms with Gasteiger partial charge in [0.15, 0.2) is 34.8 Å². The number of benzene rings is 1. The first kappa shape index (κ1) is 18.2. The first-order valence-corrected chi connectivity index (χ1v) is 7.13. The number of ether oxygens (including phenoxy) is 1. The molecule has 2 aromatic heterocycles. The largest absolute Gasteiger partial charge is 0.491 e. The maximum absolute atomic E-state index is 14.3. The minimum Gasteiger partial charge on any atom is -0.491 e. The first-order valence-electron chi connectivity index (χ1n) is 7.13. The van der Waals surface area contributed by atoms with Gasteiger partial charge in [-0.3, -0.25) is 9.36 Å². The number of nitrogen functional groups attached to an aromatic ring is 1. The van der Waals surface area contributed by atoms with Gasteiger partial charge >= 0.3 is 5.97 Å². The van der Waals surface area contributed by atoms with Gasteiger partial charge in [-0.25, -0.2) is 22.9 Å². The van der Waals surface area contributed by atoms with E-state index in [0.717, 1.165) is 7.11 Å². The lowest BCUT2D eigenvalue weighted by atomic mass is 10.1. The number of carboxylic acids is 1. The van der Waals surface area contributed by atoms with Crippen LogP contribution in [0, 0.1) is 23.3 Å². The molecule has 0 aliphatic carbocycles. The SMILES string of the molecule is COc1c(F)c(F)cc2c(=O)c(C(=O)O)cn(-c3nc(N)c(F)cc3F)c12. The van der Waals surface area contributed by atoms with Crippen LogP contribution in [0.3, 0.4) is 0 Å². The second-order valence-electron chi connectivity index (χ2n) is 5.31. The lowest BCUT2D eigenvalue weighted by Gasteiger charge is -2.16. The fourth-order valence-corrected chi connectivity index (χ4v) is 2.55. The molecule has 0 bridgehead atoms.